The molecule has 1 aromatic rings. The maximum Gasteiger partial charge on any atom is 0.417 e. The maximum absolute atomic E-state index is 12.5. The largest absolute Gasteiger partial charge is 0.658 e. The van der Waals surface area contributed by atoms with Crippen LogP contribution in [0.25, 0.3) is 5.32 Å². The summed E-state index contributed by atoms with van der Waals surface area (Å²) >= 11 is 0. The quantitative estimate of drug-likeness (QED) is 0.725. The molecule has 1 aromatic carbocycles. The molecular formula is C13H14F3N2-. The second kappa shape index (κ2) is 6.41. The average Bonchev–Trinajstić information content (AvgIpc) is 2.33. The fourth-order valence-corrected chi connectivity index (χ4v) is 1.51. The van der Waals surface area contributed by atoms with Gasteiger partial charge < -0.3 is 5.32 Å². The first-order valence-corrected chi connectivity index (χ1v) is 5.72. The summed E-state index contributed by atoms with van der Waals surface area (Å²) < 4.78 is 37.6. The molecule has 0 saturated carbocycles. The topological polar surface area (TPSA) is 37.9 Å². The van der Waals surface area contributed by atoms with Crippen LogP contribution in [0.15, 0.2) is 18.2 Å². The number of rotatable bonds is 5. The Hall–Kier alpha value is -1.54. The third-order valence-corrected chi connectivity index (χ3v) is 2.47. The molecule has 0 bridgehead atoms. The lowest BCUT2D eigenvalue weighted by atomic mass is 10.0. The SMILES string of the molecule is CCCC[N-]Cc1ccc(C(F)(F)F)c(C#N)c1. The molecule has 1 rings (SSSR count). The van der Waals surface area contributed by atoms with Crippen molar-refractivity contribution in [3.05, 3.63) is 40.2 Å². The third-order valence-electron chi connectivity index (χ3n) is 2.47. The van der Waals surface area contributed by atoms with Gasteiger partial charge in [-0.15, -0.1) is 13.1 Å². The first-order valence-electron chi connectivity index (χ1n) is 5.72. The number of benzene rings is 1. The van der Waals surface area contributed by atoms with E-state index in [0.717, 1.165) is 18.9 Å². The van der Waals surface area contributed by atoms with Crippen molar-refractivity contribution in [2.75, 3.05) is 6.54 Å². The smallest absolute Gasteiger partial charge is 0.417 e. The van der Waals surface area contributed by atoms with E-state index in [2.05, 4.69) is 5.32 Å². The Balaban J connectivity index is 2.77. The van der Waals surface area contributed by atoms with E-state index in [1.807, 2.05) is 6.92 Å². The van der Waals surface area contributed by atoms with Gasteiger partial charge in [0.1, 0.15) is 0 Å². The van der Waals surface area contributed by atoms with Gasteiger partial charge in [0.25, 0.3) is 0 Å². The molecule has 0 saturated heterocycles. The number of alkyl halides is 3. The van der Waals surface area contributed by atoms with E-state index in [0.29, 0.717) is 18.7 Å². The number of nitrogens with zero attached hydrogens (tertiary/aromatic N) is 2. The van der Waals surface area contributed by atoms with Crippen molar-refractivity contribution in [3.63, 3.8) is 0 Å². The molecule has 0 aliphatic carbocycles. The summed E-state index contributed by atoms with van der Waals surface area (Å²) in [6.07, 6.45) is -2.49. The molecule has 5 heteroatoms. The predicted octanol–water partition coefficient (Wildman–Crippen LogP) is 4.25. The van der Waals surface area contributed by atoms with Crippen LogP contribution in [-0.4, -0.2) is 6.54 Å². The molecule has 0 N–H and O–H groups in total. The van der Waals surface area contributed by atoms with Crippen LogP contribution in [0.5, 0.6) is 0 Å². The fraction of sp³-hybridized carbons (Fsp3) is 0.462. The number of nitriles is 1. The number of hydrogen-bond acceptors (Lipinski definition) is 1. The van der Waals surface area contributed by atoms with Gasteiger partial charge in [-0.25, -0.2) is 0 Å². The highest BCUT2D eigenvalue weighted by Gasteiger charge is 2.33. The van der Waals surface area contributed by atoms with E-state index in [1.54, 1.807) is 6.07 Å². The van der Waals surface area contributed by atoms with Crippen molar-refractivity contribution < 1.29 is 13.2 Å². The second-order valence-electron chi connectivity index (χ2n) is 3.95. The highest BCUT2D eigenvalue weighted by Crippen LogP contribution is 2.32. The van der Waals surface area contributed by atoms with Crippen molar-refractivity contribution in [3.8, 4) is 6.07 Å². The highest BCUT2D eigenvalue weighted by atomic mass is 19.4. The summed E-state index contributed by atoms with van der Waals surface area (Å²) in [5, 5.41) is 12.9. The van der Waals surface area contributed by atoms with Gasteiger partial charge in [-0.1, -0.05) is 31.4 Å². The standard InChI is InChI=1S/C13H14F3N2/c1-2-3-6-18-9-10-4-5-12(13(14,15)16)11(7-10)8-17/h4-5,7H,2-3,6,9H2,1H3/q-1. The minimum Gasteiger partial charge on any atom is -0.658 e. The molecule has 0 aromatic heterocycles. The zero-order valence-corrected chi connectivity index (χ0v) is 10.1. The van der Waals surface area contributed by atoms with Crippen LogP contribution < -0.4 is 0 Å². The van der Waals surface area contributed by atoms with Crippen molar-refractivity contribution >= 4 is 0 Å². The van der Waals surface area contributed by atoms with Gasteiger partial charge in [0, 0.05) is 0 Å². The normalized spacial score (nSPS) is 11.3. The summed E-state index contributed by atoms with van der Waals surface area (Å²) in [6.45, 7) is 3.09. The fourth-order valence-electron chi connectivity index (χ4n) is 1.51. The molecule has 0 unspecified atom stereocenters. The predicted molar refractivity (Wildman–Crippen MR) is 63.0 cm³/mol. The molecule has 0 atom stereocenters. The summed E-state index contributed by atoms with van der Waals surface area (Å²) in [5.41, 5.74) is -0.594. The Bertz CT molecular complexity index is 433. The minimum absolute atomic E-state index is 0.342. The van der Waals surface area contributed by atoms with Gasteiger partial charge in [0.15, 0.2) is 0 Å². The molecular weight excluding hydrogens is 241 g/mol. The molecule has 0 aliphatic rings. The lowest BCUT2D eigenvalue weighted by molar-refractivity contribution is -0.137. The summed E-state index contributed by atoms with van der Waals surface area (Å²) in [7, 11) is 0. The summed E-state index contributed by atoms with van der Waals surface area (Å²) in [5.74, 6) is 0. The molecule has 0 fully saturated rings. The summed E-state index contributed by atoms with van der Waals surface area (Å²) in [6, 6.07) is 5.17. The molecule has 0 radical (unpaired) electrons. The minimum atomic E-state index is -4.48. The van der Waals surface area contributed by atoms with Gasteiger partial charge in [-0.3, -0.25) is 0 Å². The average molecular weight is 255 g/mol. The Morgan fingerprint density at radius 2 is 2.06 bits per heavy atom. The molecule has 98 valence electrons. The molecule has 0 amide bonds. The number of halogens is 3. The molecule has 18 heavy (non-hydrogen) atoms. The van der Waals surface area contributed by atoms with E-state index >= 15 is 0 Å². The first-order chi connectivity index (χ1) is 8.49. The third kappa shape index (κ3) is 4.04. The lowest BCUT2D eigenvalue weighted by Gasteiger charge is -2.19. The van der Waals surface area contributed by atoms with E-state index in [4.69, 9.17) is 5.26 Å². The van der Waals surface area contributed by atoms with Gasteiger partial charge in [0.05, 0.1) is 17.2 Å². The summed E-state index contributed by atoms with van der Waals surface area (Å²) in [4.78, 5) is 0. The van der Waals surface area contributed by atoms with E-state index in [9.17, 15) is 13.2 Å². The molecule has 2 nitrogen and oxygen atoms in total. The van der Waals surface area contributed by atoms with Gasteiger partial charge >= 0.3 is 6.18 Å². The first kappa shape index (κ1) is 14.5. The van der Waals surface area contributed by atoms with Crippen LogP contribution in [0.2, 0.25) is 0 Å². The zero-order chi connectivity index (χ0) is 13.6. The van der Waals surface area contributed by atoms with Crippen molar-refractivity contribution in [1.29, 1.82) is 5.26 Å². The van der Waals surface area contributed by atoms with Crippen LogP contribution in [-0.2, 0) is 12.7 Å². The molecule has 0 spiro atoms. The van der Waals surface area contributed by atoms with E-state index in [-0.39, 0.29) is 5.56 Å². The Labute approximate surface area is 104 Å². The van der Waals surface area contributed by atoms with Gasteiger partial charge in [0.2, 0.25) is 0 Å². The maximum atomic E-state index is 12.5. The highest BCUT2D eigenvalue weighted by molar-refractivity contribution is 5.42. The van der Waals surface area contributed by atoms with Crippen molar-refractivity contribution in [2.45, 2.75) is 32.5 Å². The van der Waals surface area contributed by atoms with Crippen LogP contribution >= 0.6 is 0 Å². The zero-order valence-electron chi connectivity index (χ0n) is 10.1. The van der Waals surface area contributed by atoms with Gasteiger partial charge in [-0.05, 0) is 12.1 Å². The lowest BCUT2D eigenvalue weighted by Crippen LogP contribution is -2.08. The Kier molecular flexibility index (Phi) is 5.17. The Morgan fingerprint density at radius 1 is 1.33 bits per heavy atom. The van der Waals surface area contributed by atoms with Crippen LogP contribution in [0.3, 0.4) is 0 Å². The van der Waals surface area contributed by atoms with Crippen LogP contribution in [0.1, 0.15) is 36.5 Å². The van der Waals surface area contributed by atoms with E-state index in [1.165, 1.54) is 12.1 Å². The van der Waals surface area contributed by atoms with Crippen LogP contribution in [0, 0.1) is 11.3 Å². The van der Waals surface area contributed by atoms with Gasteiger partial charge in [-0.2, -0.15) is 18.4 Å². The monoisotopic (exact) mass is 255 g/mol. The molecule has 0 aliphatic heterocycles. The molecule has 0 heterocycles. The second-order valence-corrected chi connectivity index (χ2v) is 3.95. The number of hydrogen-bond donors (Lipinski definition) is 0. The van der Waals surface area contributed by atoms with Crippen molar-refractivity contribution in [1.82, 2.24) is 0 Å². The number of unbranched alkanes of at least 4 members (excludes halogenated alkanes) is 1. The van der Waals surface area contributed by atoms with Crippen molar-refractivity contribution in [2.24, 2.45) is 0 Å². The van der Waals surface area contributed by atoms with Crippen LogP contribution in [0.4, 0.5) is 13.2 Å². The van der Waals surface area contributed by atoms with E-state index < -0.39 is 11.7 Å². The Morgan fingerprint density at radius 3 is 2.61 bits per heavy atom.